The Labute approximate surface area is 168 Å². The average Bonchev–Trinajstić information content (AvgIpc) is 3.15. The number of esters is 1. The Morgan fingerprint density at radius 1 is 1.14 bits per heavy atom. The van der Waals surface area contributed by atoms with Crippen LogP contribution in [-0.2, 0) is 20.7 Å². The molecule has 1 aliphatic rings. The predicted octanol–water partition coefficient (Wildman–Crippen LogP) is 5.01. The Hall–Kier alpha value is -2.30. The van der Waals surface area contributed by atoms with Gasteiger partial charge in [0.05, 0.1) is 6.61 Å². The molecule has 154 valence electrons. The number of allylic oxidation sites excluding steroid dienone is 2. The second kappa shape index (κ2) is 11.5. The minimum Gasteiger partial charge on any atom is -0.465 e. The van der Waals surface area contributed by atoms with Crippen molar-refractivity contribution < 1.29 is 23.8 Å². The number of carbonyl (C=O) groups excluding carboxylic acids is 2. The van der Waals surface area contributed by atoms with Gasteiger partial charge in [0.2, 0.25) is 6.79 Å². The monoisotopic (exact) mass is 388 g/mol. The highest BCUT2D eigenvalue weighted by Gasteiger charge is 2.26. The number of hydrogen-bond donors (Lipinski definition) is 0. The number of carbonyl (C=O) groups is 2. The van der Waals surface area contributed by atoms with Gasteiger partial charge in [-0.25, -0.2) is 0 Å². The maximum Gasteiger partial charge on any atom is 0.316 e. The van der Waals surface area contributed by atoms with Crippen LogP contribution >= 0.6 is 0 Å². The zero-order chi connectivity index (χ0) is 20.4. The first-order valence-electron chi connectivity index (χ1n) is 10.3. The van der Waals surface area contributed by atoms with Crippen molar-refractivity contribution in [2.24, 2.45) is 5.92 Å². The molecular formula is C23H32O5. The second-order valence-corrected chi connectivity index (χ2v) is 7.00. The molecule has 28 heavy (non-hydrogen) atoms. The van der Waals surface area contributed by atoms with Gasteiger partial charge in [-0.05, 0) is 63.1 Å². The lowest BCUT2D eigenvalue weighted by Crippen LogP contribution is -2.26. The largest absolute Gasteiger partial charge is 0.465 e. The molecule has 0 aromatic heterocycles. The number of ether oxygens (including phenoxy) is 3. The Morgan fingerprint density at radius 3 is 2.64 bits per heavy atom. The molecule has 5 heteroatoms. The summed E-state index contributed by atoms with van der Waals surface area (Å²) >= 11 is 0. The Bertz CT molecular complexity index is 674. The van der Waals surface area contributed by atoms with Crippen LogP contribution in [0.5, 0.6) is 11.5 Å². The summed E-state index contributed by atoms with van der Waals surface area (Å²) in [5, 5.41) is 0. The number of rotatable bonds is 12. The second-order valence-electron chi connectivity index (χ2n) is 7.00. The van der Waals surface area contributed by atoms with Crippen molar-refractivity contribution in [2.75, 3.05) is 13.4 Å². The Balaban J connectivity index is 1.90. The fraction of sp³-hybridized carbons (Fsp3) is 0.565. The van der Waals surface area contributed by atoms with Crippen LogP contribution in [0, 0.1) is 5.92 Å². The van der Waals surface area contributed by atoms with Crippen LogP contribution in [0.25, 0.3) is 0 Å². The molecule has 0 saturated heterocycles. The van der Waals surface area contributed by atoms with Gasteiger partial charge in [0.15, 0.2) is 11.5 Å². The number of Topliss-reactive ketones (excluding diaryl/α,β-unsaturated/α-hetero) is 1. The first kappa shape index (κ1) is 22.0. The van der Waals surface area contributed by atoms with Gasteiger partial charge in [-0.1, -0.05) is 31.6 Å². The lowest BCUT2D eigenvalue weighted by molar-refractivity contribution is -0.151. The molecule has 0 spiro atoms. The number of ketones is 1. The van der Waals surface area contributed by atoms with Crippen molar-refractivity contribution in [1.29, 1.82) is 0 Å². The van der Waals surface area contributed by atoms with Gasteiger partial charge in [-0.2, -0.15) is 0 Å². The summed E-state index contributed by atoms with van der Waals surface area (Å²) in [5.41, 5.74) is 2.48. The Kier molecular flexibility index (Phi) is 9.05. The smallest absolute Gasteiger partial charge is 0.316 e. The molecule has 1 aliphatic heterocycles. The highest BCUT2D eigenvalue weighted by molar-refractivity contribution is 5.98. The molecule has 1 heterocycles. The van der Waals surface area contributed by atoms with Crippen LogP contribution in [0.3, 0.4) is 0 Å². The lowest BCUT2D eigenvalue weighted by Gasteiger charge is -2.15. The third-order valence-electron chi connectivity index (χ3n) is 4.97. The molecule has 1 aromatic carbocycles. The zero-order valence-corrected chi connectivity index (χ0v) is 17.3. The zero-order valence-electron chi connectivity index (χ0n) is 17.3. The van der Waals surface area contributed by atoms with Crippen LogP contribution < -0.4 is 9.47 Å². The van der Waals surface area contributed by atoms with Crippen molar-refractivity contribution in [2.45, 2.75) is 65.7 Å². The summed E-state index contributed by atoms with van der Waals surface area (Å²) in [6.07, 6.45) is 7.43. The van der Waals surface area contributed by atoms with E-state index >= 15 is 0 Å². The normalized spacial score (nSPS) is 14.0. The van der Waals surface area contributed by atoms with Gasteiger partial charge in [0.25, 0.3) is 0 Å². The van der Waals surface area contributed by atoms with E-state index in [0.717, 1.165) is 43.6 Å². The van der Waals surface area contributed by atoms with Crippen molar-refractivity contribution >= 4 is 11.8 Å². The van der Waals surface area contributed by atoms with E-state index in [0.29, 0.717) is 19.4 Å². The van der Waals surface area contributed by atoms with E-state index in [-0.39, 0.29) is 18.5 Å². The fourth-order valence-electron chi connectivity index (χ4n) is 3.37. The van der Waals surface area contributed by atoms with Gasteiger partial charge in [-0.3, -0.25) is 9.59 Å². The predicted molar refractivity (Wildman–Crippen MR) is 109 cm³/mol. The van der Waals surface area contributed by atoms with Gasteiger partial charge >= 0.3 is 5.97 Å². The van der Waals surface area contributed by atoms with E-state index in [9.17, 15) is 9.59 Å². The summed E-state index contributed by atoms with van der Waals surface area (Å²) in [5.74, 6) is 0.594. The standard InChI is InChI=1S/C23H32O5/c1-4-8-20(24)19(23(25)26-6-3)13-11-17(5-2)9-7-10-18-12-14-21-22(15-18)28-16-27-21/h9,12,14-15,19H,4-8,10-11,13,16H2,1-3H3/b17-9+. The summed E-state index contributed by atoms with van der Waals surface area (Å²) in [6, 6.07) is 6.04. The number of fused-ring (bicyclic) bond motifs is 1. The highest BCUT2D eigenvalue weighted by atomic mass is 16.7. The summed E-state index contributed by atoms with van der Waals surface area (Å²) in [6.45, 7) is 6.43. The molecule has 1 unspecified atom stereocenters. The average molecular weight is 389 g/mol. The fourth-order valence-corrected chi connectivity index (χ4v) is 3.37. The minimum atomic E-state index is -0.635. The van der Waals surface area contributed by atoms with Crippen LogP contribution in [0.2, 0.25) is 0 Å². The first-order chi connectivity index (χ1) is 13.6. The molecule has 5 nitrogen and oxygen atoms in total. The van der Waals surface area contributed by atoms with Gasteiger partial charge in [0.1, 0.15) is 11.7 Å². The summed E-state index contributed by atoms with van der Waals surface area (Å²) < 4.78 is 15.9. The third kappa shape index (κ3) is 6.39. The molecule has 0 aliphatic carbocycles. The topological polar surface area (TPSA) is 61.8 Å². The van der Waals surface area contributed by atoms with Crippen molar-refractivity contribution in [1.82, 2.24) is 0 Å². The van der Waals surface area contributed by atoms with Crippen molar-refractivity contribution in [3.05, 3.63) is 35.4 Å². The molecule has 0 bridgehead atoms. The van der Waals surface area contributed by atoms with Crippen LogP contribution in [0.4, 0.5) is 0 Å². The third-order valence-corrected chi connectivity index (χ3v) is 4.97. The van der Waals surface area contributed by atoms with Crippen LogP contribution in [-0.4, -0.2) is 25.2 Å². The first-order valence-corrected chi connectivity index (χ1v) is 10.3. The number of hydrogen-bond acceptors (Lipinski definition) is 5. The molecule has 1 atom stereocenters. The van der Waals surface area contributed by atoms with E-state index < -0.39 is 5.92 Å². The van der Waals surface area contributed by atoms with E-state index in [1.807, 2.05) is 19.1 Å². The van der Waals surface area contributed by atoms with Gasteiger partial charge < -0.3 is 14.2 Å². The highest BCUT2D eigenvalue weighted by Crippen LogP contribution is 2.32. The van der Waals surface area contributed by atoms with Gasteiger partial charge in [0, 0.05) is 6.42 Å². The van der Waals surface area contributed by atoms with Crippen LogP contribution in [0.15, 0.2) is 29.8 Å². The van der Waals surface area contributed by atoms with Gasteiger partial charge in [-0.15, -0.1) is 0 Å². The minimum absolute atomic E-state index is 0.00300. The van der Waals surface area contributed by atoms with Crippen LogP contribution in [0.1, 0.15) is 64.9 Å². The lowest BCUT2D eigenvalue weighted by atomic mass is 9.92. The number of benzene rings is 1. The Morgan fingerprint density at radius 2 is 1.93 bits per heavy atom. The quantitative estimate of drug-likeness (QED) is 0.286. The maximum absolute atomic E-state index is 12.3. The van der Waals surface area contributed by atoms with Crippen molar-refractivity contribution in [3.8, 4) is 11.5 Å². The van der Waals surface area contributed by atoms with E-state index in [2.05, 4.69) is 19.1 Å². The summed E-state index contributed by atoms with van der Waals surface area (Å²) in [7, 11) is 0. The molecule has 0 saturated carbocycles. The van der Waals surface area contributed by atoms with E-state index in [1.54, 1.807) is 6.92 Å². The van der Waals surface area contributed by atoms with Crippen molar-refractivity contribution in [3.63, 3.8) is 0 Å². The molecule has 0 amide bonds. The number of aryl methyl sites for hydroxylation is 1. The molecule has 0 fully saturated rings. The van der Waals surface area contributed by atoms with E-state index in [4.69, 9.17) is 14.2 Å². The molecular weight excluding hydrogens is 356 g/mol. The SMILES string of the molecule is CCCC(=O)C(CC/C(=C/CCc1ccc2c(c1)OCO2)CC)C(=O)OCC. The van der Waals surface area contributed by atoms with E-state index in [1.165, 1.54) is 11.1 Å². The summed E-state index contributed by atoms with van der Waals surface area (Å²) in [4.78, 5) is 24.5. The maximum atomic E-state index is 12.3. The molecule has 0 N–H and O–H groups in total. The molecule has 2 rings (SSSR count). The molecule has 0 radical (unpaired) electrons. The molecule has 1 aromatic rings.